The predicted molar refractivity (Wildman–Crippen MR) is 106 cm³/mol. The van der Waals surface area contributed by atoms with Crippen LogP contribution in [0.1, 0.15) is 41.3 Å². The Morgan fingerprint density at radius 1 is 1.23 bits per heavy atom. The quantitative estimate of drug-likeness (QED) is 0.630. The van der Waals surface area contributed by atoms with Crippen LogP contribution in [0.5, 0.6) is 0 Å². The number of halogens is 3. The summed E-state index contributed by atoms with van der Waals surface area (Å²) in [4.78, 5) is 23.2. The fraction of sp³-hybridized carbons (Fsp3) is 0.500. The molecule has 31 heavy (non-hydrogen) atoms. The summed E-state index contributed by atoms with van der Waals surface area (Å²) in [6.45, 7) is 2.55. The maximum atomic E-state index is 12.9. The van der Waals surface area contributed by atoms with Gasteiger partial charge in [-0.05, 0) is 19.3 Å². The number of hydrogen-bond acceptors (Lipinski definition) is 7. The molecule has 1 unspecified atom stereocenters. The molecular formula is C18H19F3N8OS. The molecule has 2 aliphatic rings. The van der Waals surface area contributed by atoms with Gasteiger partial charge in [-0.1, -0.05) is 0 Å². The van der Waals surface area contributed by atoms with Crippen LogP contribution in [0.25, 0.3) is 10.6 Å². The third-order valence-corrected chi connectivity index (χ3v) is 6.35. The second kappa shape index (κ2) is 7.62. The van der Waals surface area contributed by atoms with Crippen LogP contribution in [-0.4, -0.2) is 55.0 Å². The Morgan fingerprint density at radius 3 is 2.77 bits per heavy atom. The van der Waals surface area contributed by atoms with Gasteiger partial charge in [-0.15, -0.1) is 16.4 Å². The largest absolute Gasteiger partial charge is 0.434 e. The van der Waals surface area contributed by atoms with Gasteiger partial charge in [0, 0.05) is 37.5 Å². The monoisotopic (exact) mass is 452 g/mol. The SMILES string of the molecule is O=C(NC1CCn2nc(N3CCCC3)nc2C1)c1[nH]ncc1-c1nc(C(F)(F)F)cs1. The normalized spacial score (nSPS) is 18.9. The Balaban J connectivity index is 1.29. The minimum absolute atomic E-state index is 0.0878. The van der Waals surface area contributed by atoms with Gasteiger partial charge in [0.1, 0.15) is 16.5 Å². The number of carbonyl (C=O) groups excluding carboxylic acids is 1. The minimum Gasteiger partial charge on any atom is -0.347 e. The first-order valence-electron chi connectivity index (χ1n) is 9.94. The van der Waals surface area contributed by atoms with Crippen molar-refractivity contribution in [3.05, 3.63) is 28.8 Å². The van der Waals surface area contributed by atoms with Crippen molar-refractivity contribution in [2.24, 2.45) is 0 Å². The number of nitrogens with zero attached hydrogens (tertiary/aromatic N) is 6. The summed E-state index contributed by atoms with van der Waals surface area (Å²) in [7, 11) is 0. The van der Waals surface area contributed by atoms with Crippen molar-refractivity contribution < 1.29 is 18.0 Å². The number of amides is 1. The zero-order valence-electron chi connectivity index (χ0n) is 16.3. The van der Waals surface area contributed by atoms with Gasteiger partial charge < -0.3 is 10.2 Å². The molecule has 1 amide bonds. The molecule has 2 aliphatic heterocycles. The standard InChI is InChI=1S/C18H19F3N8OS/c19-18(20,21)12-9-31-16(24-12)11-8-22-26-14(11)15(30)23-10-3-6-29-13(7-10)25-17(27-29)28-4-1-2-5-28/h8-10H,1-7H2,(H,22,26)(H,23,30). The lowest BCUT2D eigenvalue weighted by Crippen LogP contribution is -2.40. The van der Waals surface area contributed by atoms with Crippen molar-refractivity contribution in [2.75, 3.05) is 18.0 Å². The molecule has 5 rings (SSSR count). The molecule has 0 saturated carbocycles. The Kier molecular flexibility index (Phi) is 4.91. The van der Waals surface area contributed by atoms with Crippen LogP contribution in [0.2, 0.25) is 0 Å². The summed E-state index contributed by atoms with van der Waals surface area (Å²) >= 11 is 0.820. The summed E-state index contributed by atoms with van der Waals surface area (Å²) in [6.07, 6.45) is 0.268. The number of carbonyl (C=O) groups is 1. The number of aryl methyl sites for hydroxylation is 1. The van der Waals surface area contributed by atoms with E-state index in [9.17, 15) is 18.0 Å². The first kappa shape index (κ1) is 20.0. The van der Waals surface area contributed by atoms with Gasteiger partial charge in [-0.3, -0.25) is 9.89 Å². The molecule has 13 heteroatoms. The number of H-pyrrole nitrogens is 1. The first-order valence-corrected chi connectivity index (χ1v) is 10.8. The summed E-state index contributed by atoms with van der Waals surface area (Å²) in [5, 5.41) is 14.9. The number of thiazole rings is 1. The van der Waals surface area contributed by atoms with Crippen molar-refractivity contribution in [1.29, 1.82) is 0 Å². The minimum atomic E-state index is -4.53. The lowest BCUT2D eigenvalue weighted by molar-refractivity contribution is -0.140. The molecule has 0 bridgehead atoms. The van der Waals surface area contributed by atoms with Crippen molar-refractivity contribution in [3.8, 4) is 10.6 Å². The number of aromatic amines is 1. The van der Waals surface area contributed by atoms with Crippen molar-refractivity contribution in [1.82, 2.24) is 35.3 Å². The second-order valence-electron chi connectivity index (χ2n) is 7.60. The molecule has 9 nitrogen and oxygen atoms in total. The summed E-state index contributed by atoms with van der Waals surface area (Å²) in [5.74, 6) is 1.12. The molecule has 164 valence electrons. The molecule has 2 N–H and O–H groups in total. The number of aromatic nitrogens is 6. The van der Waals surface area contributed by atoms with Crippen LogP contribution in [0, 0.1) is 0 Å². The van der Waals surface area contributed by atoms with Crippen molar-refractivity contribution in [3.63, 3.8) is 0 Å². The number of fused-ring (bicyclic) bond motifs is 1. The highest BCUT2D eigenvalue weighted by Crippen LogP contribution is 2.34. The fourth-order valence-corrected chi connectivity index (χ4v) is 4.72. The van der Waals surface area contributed by atoms with Gasteiger partial charge in [0.2, 0.25) is 5.95 Å². The molecule has 0 aliphatic carbocycles. The molecule has 0 spiro atoms. The zero-order valence-corrected chi connectivity index (χ0v) is 17.1. The van der Waals surface area contributed by atoms with Crippen molar-refractivity contribution in [2.45, 2.75) is 44.4 Å². The van der Waals surface area contributed by atoms with E-state index < -0.39 is 17.8 Å². The van der Waals surface area contributed by atoms with E-state index >= 15 is 0 Å². The first-order chi connectivity index (χ1) is 14.9. The number of alkyl halides is 3. The van der Waals surface area contributed by atoms with Gasteiger partial charge in [0.15, 0.2) is 5.69 Å². The van der Waals surface area contributed by atoms with E-state index in [1.54, 1.807) is 0 Å². The van der Waals surface area contributed by atoms with Crippen LogP contribution in [-0.2, 0) is 19.1 Å². The molecule has 3 aromatic rings. The third-order valence-electron chi connectivity index (χ3n) is 5.47. The Labute approximate surface area is 178 Å². The zero-order chi connectivity index (χ0) is 21.6. The summed E-state index contributed by atoms with van der Waals surface area (Å²) < 4.78 is 40.5. The van der Waals surface area contributed by atoms with Crippen LogP contribution >= 0.6 is 11.3 Å². The van der Waals surface area contributed by atoms with E-state index in [-0.39, 0.29) is 22.3 Å². The number of hydrogen-bond donors (Lipinski definition) is 2. The van der Waals surface area contributed by atoms with Gasteiger partial charge in [-0.2, -0.15) is 23.3 Å². The molecule has 0 radical (unpaired) electrons. The third kappa shape index (κ3) is 3.89. The lowest BCUT2D eigenvalue weighted by Gasteiger charge is -2.22. The molecule has 1 saturated heterocycles. The average molecular weight is 452 g/mol. The lowest BCUT2D eigenvalue weighted by atomic mass is 10.1. The topological polar surface area (TPSA) is 105 Å². The van der Waals surface area contributed by atoms with Gasteiger partial charge in [0.25, 0.3) is 5.91 Å². The van der Waals surface area contributed by atoms with E-state index in [4.69, 9.17) is 0 Å². The number of anilines is 1. The van der Waals surface area contributed by atoms with E-state index in [1.807, 2.05) is 4.68 Å². The summed E-state index contributed by atoms with van der Waals surface area (Å²) in [6, 6.07) is -0.159. The van der Waals surface area contributed by atoms with Crippen LogP contribution in [0.3, 0.4) is 0 Å². The highest BCUT2D eigenvalue weighted by molar-refractivity contribution is 7.13. The Morgan fingerprint density at radius 2 is 2.03 bits per heavy atom. The van der Waals surface area contributed by atoms with E-state index in [0.717, 1.165) is 54.4 Å². The molecule has 1 atom stereocenters. The molecule has 3 aromatic heterocycles. The smallest absolute Gasteiger partial charge is 0.347 e. The fourth-order valence-electron chi connectivity index (χ4n) is 3.87. The Bertz CT molecular complexity index is 1100. The van der Waals surface area contributed by atoms with Gasteiger partial charge >= 0.3 is 6.18 Å². The van der Waals surface area contributed by atoms with Gasteiger partial charge in [0.05, 0.1) is 11.8 Å². The maximum absolute atomic E-state index is 12.9. The highest BCUT2D eigenvalue weighted by atomic mass is 32.1. The van der Waals surface area contributed by atoms with E-state index in [0.29, 0.717) is 19.4 Å². The van der Waals surface area contributed by atoms with Crippen molar-refractivity contribution >= 4 is 23.2 Å². The maximum Gasteiger partial charge on any atom is 0.434 e. The molecule has 0 aromatic carbocycles. The van der Waals surface area contributed by atoms with Crippen LogP contribution in [0.4, 0.5) is 19.1 Å². The van der Waals surface area contributed by atoms with E-state index in [1.165, 1.54) is 6.20 Å². The number of rotatable bonds is 4. The average Bonchev–Trinajstić information content (AvgIpc) is 3.53. The second-order valence-corrected chi connectivity index (χ2v) is 8.46. The van der Waals surface area contributed by atoms with Crippen LogP contribution < -0.4 is 10.2 Å². The number of nitrogens with one attached hydrogen (secondary N) is 2. The van der Waals surface area contributed by atoms with Gasteiger partial charge in [-0.25, -0.2) is 9.67 Å². The van der Waals surface area contributed by atoms with Crippen LogP contribution in [0.15, 0.2) is 11.6 Å². The molecular weight excluding hydrogens is 433 g/mol. The Hall–Kier alpha value is -2.96. The van der Waals surface area contributed by atoms with E-state index in [2.05, 4.69) is 35.5 Å². The predicted octanol–water partition coefficient (Wildman–Crippen LogP) is 2.49. The molecule has 1 fully saturated rings. The molecule has 5 heterocycles. The highest BCUT2D eigenvalue weighted by Gasteiger charge is 2.34. The summed E-state index contributed by atoms with van der Waals surface area (Å²) in [5.41, 5.74) is -0.651.